The van der Waals surface area contributed by atoms with Gasteiger partial charge in [-0.2, -0.15) is 4.89 Å². The van der Waals surface area contributed by atoms with E-state index >= 15 is 0 Å². The third kappa shape index (κ3) is 9.08. The molecule has 0 N–H and O–H groups in total. The Hall–Kier alpha value is -3.16. The number of ether oxygens (including phenoxy) is 1. The fourth-order valence-corrected chi connectivity index (χ4v) is 3.73. The van der Waals surface area contributed by atoms with Crippen LogP contribution in [0.1, 0.15) is 29.8 Å². The molecule has 0 bridgehead atoms. The molecule has 1 heterocycles. The van der Waals surface area contributed by atoms with Gasteiger partial charge >= 0.3 is 5.97 Å². The van der Waals surface area contributed by atoms with Crippen LogP contribution in [0.25, 0.3) is 6.08 Å². The summed E-state index contributed by atoms with van der Waals surface area (Å²) in [6, 6.07) is 19.9. The van der Waals surface area contributed by atoms with E-state index in [1.165, 1.54) is 23.8 Å². The number of rotatable bonds is 12. The molecular formula is C26H26FNO4S. The minimum atomic E-state index is -0.585. The zero-order valence-electron chi connectivity index (χ0n) is 18.4. The maximum absolute atomic E-state index is 13.0. The molecule has 0 spiro atoms. The average molecular weight is 468 g/mol. The van der Waals surface area contributed by atoms with Gasteiger partial charge in [-0.3, -0.25) is 9.87 Å². The van der Waals surface area contributed by atoms with Crippen molar-refractivity contribution in [3.05, 3.63) is 95.6 Å². The SMILES string of the molecule is COc1ccc(CCCCOOC(=O)C=Cc2cccc(CSc3ccc(F)cc3)n2)cc1. The van der Waals surface area contributed by atoms with Gasteiger partial charge in [0.05, 0.1) is 25.1 Å². The van der Waals surface area contributed by atoms with Gasteiger partial charge < -0.3 is 4.74 Å². The summed E-state index contributed by atoms with van der Waals surface area (Å²) >= 11 is 1.56. The summed E-state index contributed by atoms with van der Waals surface area (Å²) in [7, 11) is 1.65. The van der Waals surface area contributed by atoms with E-state index in [1.807, 2.05) is 36.4 Å². The average Bonchev–Trinajstić information content (AvgIpc) is 2.85. The number of pyridine rings is 1. The second kappa shape index (κ2) is 13.4. The van der Waals surface area contributed by atoms with E-state index in [-0.39, 0.29) is 5.82 Å². The number of carbonyl (C=O) groups excluding carboxylic acids is 1. The van der Waals surface area contributed by atoms with E-state index in [1.54, 1.807) is 43.1 Å². The van der Waals surface area contributed by atoms with Gasteiger partial charge in [0.25, 0.3) is 0 Å². The van der Waals surface area contributed by atoms with Crippen LogP contribution in [0.5, 0.6) is 5.75 Å². The Kier molecular flexibility index (Phi) is 9.94. The van der Waals surface area contributed by atoms with Crippen molar-refractivity contribution in [2.45, 2.75) is 29.9 Å². The van der Waals surface area contributed by atoms with E-state index in [0.29, 0.717) is 18.1 Å². The lowest BCUT2D eigenvalue weighted by atomic mass is 10.1. The first-order valence-electron chi connectivity index (χ1n) is 10.6. The minimum Gasteiger partial charge on any atom is -0.497 e. The van der Waals surface area contributed by atoms with Crippen LogP contribution in [0.3, 0.4) is 0 Å². The molecule has 0 aliphatic heterocycles. The zero-order chi connectivity index (χ0) is 23.3. The molecule has 0 saturated carbocycles. The summed E-state index contributed by atoms with van der Waals surface area (Å²) in [5.74, 6) is 0.636. The first kappa shape index (κ1) is 24.5. The molecule has 0 aliphatic carbocycles. The molecule has 1 aromatic heterocycles. The summed E-state index contributed by atoms with van der Waals surface area (Å²) in [5, 5.41) is 0. The van der Waals surface area contributed by atoms with Gasteiger partial charge in [0, 0.05) is 16.7 Å². The van der Waals surface area contributed by atoms with E-state index in [4.69, 9.17) is 14.5 Å². The molecule has 3 aromatic rings. The van der Waals surface area contributed by atoms with E-state index in [0.717, 1.165) is 35.6 Å². The van der Waals surface area contributed by atoms with Crippen LogP contribution in [-0.4, -0.2) is 24.7 Å². The highest BCUT2D eigenvalue weighted by atomic mass is 32.2. The number of hydrogen-bond acceptors (Lipinski definition) is 6. The first-order valence-corrected chi connectivity index (χ1v) is 11.6. The van der Waals surface area contributed by atoms with Crippen LogP contribution in [0.4, 0.5) is 4.39 Å². The zero-order valence-corrected chi connectivity index (χ0v) is 19.2. The lowest BCUT2D eigenvalue weighted by Gasteiger charge is -2.04. The van der Waals surface area contributed by atoms with E-state index in [2.05, 4.69) is 4.98 Å². The summed E-state index contributed by atoms with van der Waals surface area (Å²) in [4.78, 5) is 27.1. The van der Waals surface area contributed by atoms with Crippen molar-refractivity contribution in [1.29, 1.82) is 0 Å². The number of thioether (sulfide) groups is 1. The molecule has 0 atom stereocenters. The van der Waals surface area contributed by atoms with Crippen molar-refractivity contribution in [3.8, 4) is 5.75 Å². The second-order valence-corrected chi connectivity index (χ2v) is 8.21. The monoisotopic (exact) mass is 467 g/mol. The number of carbonyl (C=O) groups is 1. The number of unbranched alkanes of at least 4 members (excludes halogenated alkanes) is 1. The number of aryl methyl sites for hydroxylation is 1. The van der Waals surface area contributed by atoms with Gasteiger partial charge in [-0.15, -0.1) is 11.8 Å². The van der Waals surface area contributed by atoms with Crippen molar-refractivity contribution < 1.29 is 23.7 Å². The minimum absolute atomic E-state index is 0.256. The number of nitrogens with zero attached hydrogens (tertiary/aromatic N) is 1. The molecule has 3 rings (SSSR count). The Bertz CT molecular complexity index is 1040. The molecule has 0 aliphatic rings. The number of aromatic nitrogens is 1. The molecule has 0 amide bonds. The second-order valence-electron chi connectivity index (χ2n) is 7.16. The summed E-state index contributed by atoms with van der Waals surface area (Å²) in [5.41, 5.74) is 2.72. The number of methoxy groups -OCH3 is 1. The molecule has 0 saturated heterocycles. The van der Waals surface area contributed by atoms with Crippen LogP contribution < -0.4 is 4.74 Å². The van der Waals surface area contributed by atoms with Gasteiger partial charge in [0.1, 0.15) is 11.6 Å². The molecule has 0 unspecified atom stereocenters. The fourth-order valence-electron chi connectivity index (χ4n) is 2.92. The van der Waals surface area contributed by atoms with E-state index < -0.39 is 5.97 Å². The lowest BCUT2D eigenvalue weighted by Crippen LogP contribution is -2.03. The number of halogens is 1. The van der Waals surface area contributed by atoms with Crippen molar-refractivity contribution in [3.63, 3.8) is 0 Å². The topological polar surface area (TPSA) is 57.7 Å². The van der Waals surface area contributed by atoms with Crippen LogP contribution in [0.15, 0.2) is 77.7 Å². The molecule has 7 heteroatoms. The van der Waals surface area contributed by atoms with Crippen molar-refractivity contribution in [1.82, 2.24) is 4.98 Å². The molecule has 2 aromatic carbocycles. The lowest BCUT2D eigenvalue weighted by molar-refractivity contribution is -0.267. The third-order valence-electron chi connectivity index (χ3n) is 4.66. The maximum atomic E-state index is 13.0. The Balaban J connectivity index is 1.33. The maximum Gasteiger partial charge on any atom is 0.366 e. The Morgan fingerprint density at radius 3 is 2.58 bits per heavy atom. The molecule has 0 fully saturated rings. The van der Waals surface area contributed by atoms with E-state index in [9.17, 15) is 9.18 Å². The smallest absolute Gasteiger partial charge is 0.366 e. The quantitative estimate of drug-likeness (QED) is 0.107. The highest BCUT2D eigenvalue weighted by Gasteiger charge is 2.02. The van der Waals surface area contributed by atoms with Gasteiger partial charge in [0.2, 0.25) is 0 Å². The highest BCUT2D eigenvalue weighted by Crippen LogP contribution is 2.22. The Morgan fingerprint density at radius 2 is 1.82 bits per heavy atom. The van der Waals surface area contributed by atoms with Crippen LogP contribution in [-0.2, 0) is 26.7 Å². The van der Waals surface area contributed by atoms with Crippen molar-refractivity contribution in [2.24, 2.45) is 0 Å². The summed E-state index contributed by atoms with van der Waals surface area (Å²) in [6.07, 6.45) is 5.49. The molecule has 172 valence electrons. The molecular weight excluding hydrogens is 441 g/mol. The van der Waals surface area contributed by atoms with Gasteiger partial charge in [0.15, 0.2) is 0 Å². The Morgan fingerprint density at radius 1 is 1.03 bits per heavy atom. The summed E-state index contributed by atoms with van der Waals surface area (Å²) < 4.78 is 18.1. The number of benzene rings is 2. The highest BCUT2D eigenvalue weighted by molar-refractivity contribution is 7.98. The fraction of sp³-hybridized carbons (Fsp3) is 0.231. The predicted octanol–water partition coefficient (Wildman–Crippen LogP) is 6.03. The van der Waals surface area contributed by atoms with Gasteiger partial charge in [-0.05, 0) is 79.4 Å². The Labute approximate surface area is 197 Å². The largest absolute Gasteiger partial charge is 0.497 e. The molecule has 33 heavy (non-hydrogen) atoms. The van der Waals surface area contributed by atoms with Gasteiger partial charge in [-0.1, -0.05) is 18.2 Å². The third-order valence-corrected chi connectivity index (χ3v) is 5.71. The first-order chi connectivity index (χ1) is 16.1. The van der Waals surface area contributed by atoms with Crippen molar-refractivity contribution in [2.75, 3.05) is 13.7 Å². The predicted molar refractivity (Wildman–Crippen MR) is 127 cm³/mol. The number of hydrogen-bond donors (Lipinski definition) is 0. The molecule has 5 nitrogen and oxygen atoms in total. The standard InChI is InChI=1S/C26H26FNO4S/c1-30-24-13-8-20(9-14-24)5-2-3-18-31-32-26(29)17-12-22-6-4-7-23(28-22)19-33-25-15-10-21(27)11-16-25/h4,6-17H,2-3,5,18-19H2,1H3. The van der Waals surface area contributed by atoms with Crippen molar-refractivity contribution >= 4 is 23.8 Å². The van der Waals surface area contributed by atoms with Crippen LogP contribution in [0, 0.1) is 5.82 Å². The molecule has 0 radical (unpaired) electrons. The van der Waals surface area contributed by atoms with Crippen LogP contribution >= 0.6 is 11.8 Å². The van der Waals surface area contributed by atoms with Gasteiger partial charge in [-0.25, -0.2) is 9.18 Å². The van der Waals surface area contributed by atoms with Crippen LogP contribution in [0.2, 0.25) is 0 Å². The summed E-state index contributed by atoms with van der Waals surface area (Å²) in [6.45, 7) is 0.337. The normalized spacial score (nSPS) is 11.0.